The summed E-state index contributed by atoms with van der Waals surface area (Å²) in [6.07, 6.45) is -2.63. The Morgan fingerprint density at radius 3 is 2.55 bits per heavy atom. The molecule has 2 rings (SSSR count). The maximum absolute atomic E-state index is 12.7. The molecule has 0 aliphatic carbocycles. The maximum atomic E-state index is 12.7. The van der Waals surface area contributed by atoms with Gasteiger partial charge in [0, 0.05) is 11.2 Å². The van der Waals surface area contributed by atoms with Crippen molar-refractivity contribution in [2.45, 2.75) is 6.18 Å². The van der Waals surface area contributed by atoms with Gasteiger partial charge in [0.25, 0.3) is 0 Å². The smallest absolute Gasteiger partial charge is 0.313 e. The van der Waals surface area contributed by atoms with Crippen LogP contribution in [0.2, 0.25) is 5.02 Å². The molecule has 0 radical (unpaired) electrons. The average Bonchev–Trinajstić information content (AvgIpc) is 2.48. The first-order valence-electron chi connectivity index (χ1n) is 5.90. The lowest BCUT2D eigenvalue weighted by Crippen LogP contribution is -2.15. The third kappa shape index (κ3) is 4.05. The monoisotopic (exact) mass is 328 g/mol. The van der Waals surface area contributed by atoms with E-state index in [0.717, 1.165) is 12.3 Å². The molecule has 0 unspecified atom stereocenters. The minimum atomic E-state index is -4.75. The van der Waals surface area contributed by atoms with Crippen LogP contribution < -0.4 is 0 Å². The first-order valence-corrected chi connectivity index (χ1v) is 6.28. The van der Waals surface area contributed by atoms with Crippen molar-refractivity contribution in [3.63, 3.8) is 0 Å². The van der Waals surface area contributed by atoms with Crippen molar-refractivity contribution in [1.82, 2.24) is 4.98 Å². The Morgan fingerprint density at radius 1 is 1.23 bits per heavy atom. The average molecular weight is 329 g/mol. The summed E-state index contributed by atoms with van der Waals surface area (Å²) in [5, 5.41) is 3.87. The zero-order chi connectivity index (χ0) is 16.2. The molecule has 0 spiro atoms. The van der Waals surface area contributed by atoms with E-state index in [-0.39, 0.29) is 0 Å². The summed E-state index contributed by atoms with van der Waals surface area (Å²) >= 11 is 5.69. The van der Waals surface area contributed by atoms with Gasteiger partial charge < -0.3 is 4.84 Å². The zero-order valence-corrected chi connectivity index (χ0v) is 11.6. The fraction of sp³-hybridized carbons (Fsp3) is 0.0714. The predicted molar refractivity (Wildman–Crippen MR) is 73.7 cm³/mol. The lowest BCUT2D eigenvalue weighted by Gasteiger charge is -2.08. The third-order valence-corrected chi connectivity index (χ3v) is 2.76. The third-order valence-electron chi connectivity index (χ3n) is 2.50. The highest BCUT2D eigenvalue weighted by atomic mass is 35.5. The van der Waals surface area contributed by atoms with E-state index in [4.69, 9.17) is 11.6 Å². The van der Waals surface area contributed by atoms with Gasteiger partial charge in [-0.25, -0.2) is 4.79 Å². The van der Waals surface area contributed by atoms with E-state index < -0.39 is 23.4 Å². The van der Waals surface area contributed by atoms with Gasteiger partial charge in [0.15, 0.2) is 5.69 Å². The molecule has 1 aromatic carbocycles. The Labute approximate surface area is 128 Å². The van der Waals surface area contributed by atoms with Gasteiger partial charge in [-0.3, -0.25) is 4.98 Å². The van der Waals surface area contributed by atoms with E-state index in [2.05, 4.69) is 15.0 Å². The first-order chi connectivity index (χ1) is 10.4. The number of pyridine rings is 1. The van der Waals surface area contributed by atoms with Crippen LogP contribution in [0.1, 0.15) is 21.6 Å². The minimum Gasteiger partial charge on any atom is -0.313 e. The second-order valence-electron chi connectivity index (χ2n) is 4.06. The highest BCUT2D eigenvalue weighted by Crippen LogP contribution is 2.30. The first kappa shape index (κ1) is 16.0. The Balaban J connectivity index is 2.12. The molecule has 0 saturated heterocycles. The number of oxime groups is 1. The summed E-state index contributed by atoms with van der Waals surface area (Å²) in [4.78, 5) is 19.3. The van der Waals surface area contributed by atoms with Crippen molar-refractivity contribution in [1.29, 1.82) is 0 Å². The number of halogens is 4. The van der Waals surface area contributed by atoms with Crippen LogP contribution in [-0.2, 0) is 11.0 Å². The van der Waals surface area contributed by atoms with E-state index >= 15 is 0 Å². The van der Waals surface area contributed by atoms with Crippen molar-refractivity contribution >= 4 is 23.8 Å². The Hall–Kier alpha value is -2.41. The van der Waals surface area contributed by atoms with Gasteiger partial charge in [0.05, 0.1) is 11.8 Å². The highest BCUT2D eigenvalue weighted by Gasteiger charge is 2.37. The van der Waals surface area contributed by atoms with E-state index in [9.17, 15) is 18.0 Å². The van der Waals surface area contributed by atoms with Crippen LogP contribution in [0.4, 0.5) is 13.2 Å². The van der Waals surface area contributed by atoms with E-state index in [1.54, 1.807) is 24.3 Å². The maximum Gasteiger partial charge on any atom is 0.434 e. The topological polar surface area (TPSA) is 51.5 Å². The van der Waals surface area contributed by atoms with Gasteiger partial charge in [-0.1, -0.05) is 28.9 Å². The predicted octanol–water partition coefficient (Wildman–Crippen LogP) is 3.94. The molecule has 0 aliphatic heterocycles. The van der Waals surface area contributed by atoms with Gasteiger partial charge in [-0.05, 0) is 29.8 Å². The van der Waals surface area contributed by atoms with Crippen LogP contribution >= 0.6 is 11.6 Å². The van der Waals surface area contributed by atoms with Crippen LogP contribution in [0.3, 0.4) is 0 Å². The molecule has 22 heavy (non-hydrogen) atoms. The van der Waals surface area contributed by atoms with Crippen LogP contribution in [-0.4, -0.2) is 17.2 Å². The van der Waals surface area contributed by atoms with Crippen LogP contribution in [0.5, 0.6) is 0 Å². The Morgan fingerprint density at radius 2 is 1.91 bits per heavy atom. The molecular weight excluding hydrogens is 321 g/mol. The van der Waals surface area contributed by atoms with Gasteiger partial charge in [0.2, 0.25) is 0 Å². The summed E-state index contributed by atoms with van der Waals surface area (Å²) in [6.45, 7) is 0. The lowest BCUT2D eigenvalue weighted by molar-refractivity contribution is -0.141. The quantitative estimate of drug-likeness (QED) is 0.487. The van der Waals surface area contributed by atoms with E-state index in [0.29, 0.717) is 10.6 Å². The summed E-state index contributed by atoms with van der Waals surface area (Å²) in [6, 6.07) is 8.56. The minimum absolute atomic E-state index is 0.513. The zero-order valence-electron chi connectivity index (χ0n) is 10.8. The molecular formula is C14H8ClF3N2O2. The lowest BCUT2D eigenvalue weighted by atomic mass is 10.2. The van der Waals surface area contributed by atoms with E-state index in [1.807, 2.05) is 0 Å². The largest absolute Gasteiger partial charge is 0.434 e. The second-order valence-corrected chi connectivity index (χ2v) is 4.50. The van der Waals surface area contributed by atoms with Crippen molar-refractivity contribution < 1.29 is 22.8 Å². The number of hydrogen-bond acceptors (Lipinski definition) is 4. The SMILES string of the molecule is O=C(ON=Cc1ccc(Cl)cc1)c1cccnc1C(F)(F)F. The summed E-state index contributed by atoms with van der Waals surface area (Å²) in [5.41, 5.74) is -1.45. The number of aromatic nitrogens is 1. The molecule has 0 aliphatic rings. The highest BCUT2D eigenvalue weighted by molar-refractivity contribution is 6.30. The molecule has 4 nitrogen and oxygen atoms in total. The molecule has 114 valence electrons. The van der Waals surface area contributed by atoms with Crippen molar-refractivity contribution in [3.8, 4) is 0 Å². The summed E-state index contributed by atoms with van der Waals surface area (Å²) in [5.74, 6) is -1.24. The number of rotatable bonds is 3. The molecule has 0 atom stereocenters. The number of carbonyl (C=O) groups is 1. The Kier molecular flexibility index (Phi) is 4.77. The van der Waals surface area contributed by atoms with Crippen molar-refractivity contribution in [3.05, 3.63) is 64.4 Å². The number of carbonyl (C=O) groups excluding carboxylic acids is 1. The number of benzene rings is 1. The number of nitrogens with zero attached hydrogens (tertiary/aromatic N) is 2. The molecule has 0 amide bonds. The van der Waals surface area contributed by atoms with Gasteiger partial charge in [0.1, 0.15) is 0 Å². The van der Waals surface area contributed by atoms with Crippen LogP contribution in [0.15, 0.2) is 47.8 Å². The molecule has 1 heterocycles. The summed E-state index contributed by atoms with van der Waals surface area (Å²) < 4.78 is 38.1. The molecule has 0 saturated carbocycles. The van der Waals surface area contributed by atoms with Gasteiger partial charge >= 0.3 is 12.1 Å². The molecule has 1 aromatic heterocycles. The van der Waals surface area contributed by atoms with Crippen LogP contribution in [0, 0.1) is 0 Å². The Bertz CT molecular complexity index is 700. The van der Waals surface area contributed by atoms with E-state index in [1.165, 1.54) is 12.3 Å². The van der Waals surface area contributed by atoms with Gasteiger partial charge in [-0.15, -0.1) is 0 Å². The normalized spacial score (nSPS) is 11.6. The van der Waals surface area contributed by atoms with Crippen LogP contribution in [0.25, 0.3) is 0 Å². The fourth-order valence-electron chi connectivity index (χ4n) is 1.53. The second kappa shape index (κ2) is 6.57. The molecule has 8 heteroatoms. The molecule has 0 N–H and O–H groups in total. The number of hydrogen-bond donors (Lipinski definition) is 0. The summed E-state index contributed by atoms with van der Waals surface area (Å²) in [7, 11) is 0. The standard InChI is InChI=1S/C14H8ClF3N2O2/c15-10-5-3-9(4-6-10)8-20-22-13(21)11-2-1-7-19-12(11)14(16,17)18/h1-8H. The fourth-order valence-corrected chi connectivity index (χ4v) is 1.66. The van der Waals surface area contributed by atoms with Crippen molar-refractivity contribution in [2.24, 2.45) is 5.16 Å². The van der Waals surface area contributed by atoms with Crippen molar-refractivity contribution in [2.75, 3.05) is 0 Å². The molecule has 0 bridgehead atoms. The number of alkyl halides is 3. The molecule has 0 fully saturated rings. The van der Waals surface area contributed by atoms with Gasteiger partial charge in [-0.2, -0.15) is 13.2 Å². The molecule has 2 aromatic rings.